The second-order valence-electron chi connectivity index (χ2n) is 7.37. The van der Waals surface area contributed by atoms with Gasteiger partial charge < -0.3 is 10.2 Å². The van der Waals surface area contributed by atoms with Crippen LogP contribution in [0.25, 0.3) is 22.3 Å². The lowest BCUT2D eigenvalue weighted by atomic mass is 9.93. The summed E-state index contributed by atoms with van der Waals surface area (Å²) in [4.78, 5) is 0. The monoisotopic (exact) mass is 346 g/mol. The summed E-state index contributed by atoms with van der Waals surface area (Å²) < 4.78 is 0. The molecule has 0 aliphatic heterocycles. The fourth-order valence-corrected chi connectivity index (χ4v) is 3.35. The SMILES string of the molecule is CC(C)c1cccc(-c2ccc(-c3cccc(C(C)C)c3O)cc2)c1O. The molecule has 0 saturated carbocycles. The maximum Gasteiger partial charge on any atom is 0.126 e. The minimum absolute atomic E-state index is 0.268. The molecule has 0 spiro atoms. The van der Waals surface area contributed by atoms with Gasteiger partial charge in [-0.2, -0.15) is 0 Å². The summed E-state index contributed by atoms with van der Waals surface area (Å²) in [6.07, 6.45) is 0. The minimum Gasteiger partial charge on any atom is -0.507 e. The summed E-state index contributed by atoms with van der Waals surface area (Å²) in [6, 6.07) is 19.8. The fraction of sp³-hybridized carbons (Fsp3) is 0.250. The highest BCUT2D eigenvalue weighted by Gasteiger charge is 2.14. The lowest BCUT2D eigenvalue weighted by Crippen LogP contribution is -1.91. The topological polar surface area (TPSA) is 40.5 Å². The Morgan fingerprint density at radius 3 is 1.19 bits per heavy atom. The molecule has 0 bridgehead atoms. The number of phenolic OH excluding ortho intramolecular Hbond substituents is 2. The Hall–Kier alpha value is -2.74. The zero-order chi connectivity index (χ0) is 18.8. The third-order valence-corrected chi connectivity index (χ3v) is 4.89. The van der Waals surface area contributed by atoms with Crippen molar-refractivity contribution in [1.29, 1.82) is 0 Å². The Labute approximate surface area is 155 Å². The third-order valence-electron chi connectivity index (χ3n) is 4.89. The zero-order valence-corrected chi connectivity index (χ0v) is 15.8. The molecule has 26 heavy (non-hydrogen) atoms. The smallest absolute Gasteiger partial charge is 0.126 e. The molecule has 0 aliphatic carbocycles. The van der Waals surface area contributed by atoms with Crippen LogP contribution in [-0.4, -0.2) is 10.2 Å². The number of aromatic hydroxyl groups is 2. The van der Waals surface area contributed by atoms with Crippen molar-refractivity contribution in [2.24, 2.45) is 0 Å². The summed E-state index contributed by atoms with van der Waals surface area (Å²) >= 11 is 0. The van der Waals surface area contributed by atoms with Crippen molar-refractivity contribution in [2.45, 2.75) is 39.5 Å². The second-order valence-corrected chi connectivity index (χ2v) is 7.37. The largest absolute Gasteiger partial charge is 0.507 e. The first-order valence-electron chi connectivity index (χ1n) is 9.14. The van der Waals surface area contributed by atoms with Gasteiger partial charge in [-0.15, -0.1) is 0 Å². The fourth-order valence-electron chi connectivity index (χ4n) is 3.35. The van der Waals surface area contributed by atoms with Crippen molar-refractivity contribution in [2.75, 3.05) is 0 Å². The molecule has 2 nitrogen and oxygen atoms in total. The van der Waals surface area contributed by atoms with Gasteiger partial charge in [-0.05, 0) is 34.1 Å². The first-order valence-corrected chi connectivity index (χ1v) is 9.14. The van der Waals surface area contributed by atoms with Gasteiger partial charge in [0.1, 0.15) is 11.5 Å². The van der Waals surface area contributed by atoms with E-state index >= 15 is 0 Å². The highest BCUT2D eigenvalue weighted by Crippen LogP contribution is 2.39. The Morgan fingerprint density at radius 2 is 0.885 bits per heavy atom. The van der Waals surface area contributed by atoms with Crippen LogP contribution in [0.2, 0.25) is 0 Å². The molecule has 0 saturated heterocycles. The van der Waals surface area contributed by atoms with Crippen molar-refractivity contribution in [3.8, 4) is 33.8 Å². The van der Waals surface area contributed by atoms with E-state index in [1.807, 2.05) is 60.7 Å². The van der Waals surface area contributed by atoms with Crippen LogP contribution in [-0.2, 0) is 0 Å². The van der Waals surface area contributed by atoms with Crippen molar-refractivity contribution in [3.63, 3.8) is 0 Å². The Kier molecular flexibility index (Phi) is 5.03. The van der Waals surface area contributed by atoms with Gasteiger partial charge in [0.05, 0.1) is 0 Å². The van der Waals surface area contributed by atoms with E-state index in [1.54, 1.807) is 0 Å². The molecule has 3 aromatic carbocycles. The molecule has 0 aliphatic rings. The molecule has 0 heterocycles. The van der Waals surface area contributed by atoms with E-state index in [2.05, 4.69) is 27.7 Å². The molecular formula is C24H26O2. The molecule has 0 atom stereocenters. The lowest BCUT2D eigenvalue weighted by Gasteiger charge is -2.14. The van der Waals surface area contributed by atoms with E-state index in [0.29, 0.717) is 11.5 Å². The van der Waals surface area contributed by atoms with Crippen LogP contribution in [0.15, 0.2) is 60.7 Å². The number of para-hydroxylation sites is 2. The highest BCUT2D eigenvalue weighted by molar-refractivity contribution is 5.77. The number of rotatable bonds is 4. The predicted molar refractivity (Wildman–Crippen MR) is 109 cm³/mol. The summed E-state index contributed by atoms with van der Waals surface area (Å²) in [5, 5.41) is 21.2. The maximum absolute atomic E-state index is 10.6. The van der Waals surface area contributed by atoms with Crippen LogP contribution in [0.5, 0.6) is 11.5 Å². The zero-order valence-electron chi connectivity index (χ0n) is 15.8. The molecule has 134 valence electrons. The molecule has 0 radical (unpaired) electrons. The van der Waals surface area contributed by atoms with E-state index in [9.17, 15) is 10.2 Å². The van der Waals surface area contributed by atoms with Crippen molar-refractivity contribution in [3.05, 3.63) is 71.8 Å². The molecule has 0 unspecified atom stereocenters. The summed E-state index contributed by atoms with van der Waals surface area (Å²) in [5.41, 5.74) is 5.51. The van der Waals surface area contributed by atoms with Gasteiger partial charge in [-0.3, -0.25) is 0 Å². The second kappa shape index (κ2) is 7.25. The quantitative estimate of drug-likeness (QED) is 0.553. The van der Waals surface area contributed by atoms with Gasteiger partial charge in [0, 0.05) is 11.1 Å². The molecule has 0 amide bonds. The average molecular weight is 346 g/mol. The normalized spacial score (nSPS) is 11.3. The van der Waals surface area contributed by atoms with Gasteiger partial charge in [0.25, 0.3) is 0 Å². The molecular weight excluding hydrogens is 320 g/mol. The van der Waals surface area contributed by atoms with Gasteiger partial charge in [-0.1, -0.05) is 88.4 Å². The van der Waals surface area contributed by atoms with E-state index in [1.165, 1.54) is 0 Å². The van der Waals surface area contributed by atoms with E-state index in [4.69, 9.17) is 0 Å². The molecule has 0 aromatic heterocycles. The van der Waals surface area contributed by atoms with Gasteiger partial charge in [-0.25, -0.2) is 0 Å². The first-order chi connectivity index (χ1) is 12.4. The Bertz CT molecular complexity index is 829. The molecule has 2 N–H and O–H groups in total. The van der Waals surface area contributed by atoms with E-state index < -0.39 is 0 Å². The highest BCUT2D eigenvalue weighted by atomic mass is 16.3. The number of benzene rings is 3. The number of hydrogen-bond acceptors (Lipinski definition) is 2. The van der Waals surface area contributed by atoms with Crippen molar-refractivity contribution < 1.29 is 10.2 Å². The third kappa shape index (κ3) is 3.32. The van der Waals surface area contributed by atoms with Crippen LogP contribution in [0.4, 0.5) is 0 Å². The standard InChI is InChI=1S/C24H26O2/c1-15(2)19-7-5-9-21(23(19)25)17-11-13-18(14-12-17)22-10-6-8-20(16(3)4)24(22)26/h5-16,25-26H,1-4H3. The number of hydrogen-bond donors (Lipinski definition) is 2. The van der Waals surface area contributed by atoms with Crippen molar-refractivity contribution in [1.82, 2.24) is 0 Å². The summed E-state index contributed by atoms with van der Waals surface area (Å²) in [7, 11) is 0. The molecule has 3 rings (SSSR count). The first kappa shape index (κ1) is 18.1. The lowest BCUT2D eigenvalue weighted by molar-refractivity contribution is 0.466. The minimum atomic E-state index is 0.268. The van der Waals surface area contributed by atoms with Crippen LogP contribution in [0.1, 0.15) is 50.7 Å². The van der Waals surface area contributed by atoms with Crippen LogP contribution >= 0.6 is 0 Å². The van der Waals surface area contributed by atoms with Crippen LogP contribution in [0.3, 0.4) is 0 Å². The maximum atomic E-state index is 10.6. The Balaban J connectivity index is 2.01. The Morgan fingerprint density at radius 1 is 0.538 bits per heavy atom. The van der Waals surface area contributed by atoms with Crippen LogP contribution < -0.4 is 0 Å². The summed E-state index contributed by atoms with van der Waals surface area (Å²) in [5.74, 6) is 1.23. The predicted octanol–water partition coefficient (Wildman–Crippen LogP) is 6.68. The molecule has 0 fully saturated rings. The van der Waals surface area contributed by atoms with E-state index in [0.717, 1.165) is 33.4 Å². The average Bonchev–Trinajstić information content (AvgIpc) is 2.62. The van der Waals surface area contributed by atoms with Crippen LogP contribution in [0, 0.1) is 0 Å². The molecule has 3 aromatic rings. The molecule has 2 heteroatoms. The van der Waals surface area contributed by atoms with E-state index in [-0.39, 0.29) is 11.8 Å². The van der Waals surface area contributed by atoms with Gasteiger partial charge >= 0.3 is 0 Å². The van der Waals surface area contributed by atoms with Gasteiger partial charge in [0.15, 0.2) is 0 Å². The van der Waals surface area contributed by atoms with Crippen molar-refractivity contribution >= 4 is 0 Å². The van der Waals surface area contributed by atoms with Gasteiger partial charge in [0.2, 0.25) is 0 Å². The summed E-state index contributed by atoms with van der Waals surface area (Å²) in [6.45, 7) is 8.30. The number of phenols is 2.